The van der Waals surface area contributed by atoms with Crippen LogP contribution in [0.5, 0.6) is 0 Å². The van der Waals surface area contributed by atoms with Gasteiger partial charge >= 0.3 is 0 Å². The Balaban J connectivity index is 1.98. The highest BCUT2D eigenvalue weighted by atomic mass is 15.1. The van der Waals surface area contributed by atoms with Crippen molar-refractivity contribution in [2.75, 3.05) is 19.6 Å². The van der Waals surface area contributed by atoms with E-state index < -0.39 is 0 Å². The average molecular weight is 282 g/mol. The van der Waals surface area contributed by atoms with Gasteiger partial charge in [-0.3, -0.25) is 0 Å². The topological polar surface area (TPSA) is 29.3 Å². The van der Waals surface area contributed by atoms with Crippen LogP contribution in [0.4, 0.5) is 0 Å². The van der Waals surface area contributed by atoms with Gasteiger partial charge in [-0.15, -0.1) is 0 Å². The van der Waals surface area contributed by atoms with Gasteiger partial charge in [-0.05, 0) is 42.7 Å². The van der Waals surface area contributed by atoms with Crippen molar-refractivity contribution in [2.24, 2.45) is 5.73 Å². The van der Waals surface area contributed by atoms with E-state index in [1.165, 1.54) is 16.7 Å². The van der Waals surface area contributed by atoms with Gasteiger partial charge in [0.15, 0.2) is 0 Å². The van der Waals surface area contributed by atoms with Crippen molar-refractivity contribution in [1.82, 2.24) is 4.90 Å². The molecule has 0 aliphatic carbocycles. The van der Waals surface area contributed by atoms with Gasteiger partial charge in [-0.25, -0.2) is 0 Å². The SMILES string of the molecule is CCN(CC)CCC(N)c1ccc(-c2ccccc2)cc1. The second-order valence-corrected chi connectivity index (χ2v) is 5.41. The first-order chi connectivity index (χ1) is 10.2. The van der Waals surface area contributed by atoms with E-state index in [0.29, 0.717) is 0 Å². The molecular weight excluding hydrogens is 256 g/mol. The summed E-state index contributed by atoms with van der Waals surface area (Å²) in [5, 5.41) is 0. The molecule has 2 nitrogen and oxygen atoms in total. The lowest BCUT2D eigenvalue weighted by Crippen LogP contribution is -2.27. The predicted octanol–water partition coefficient (Wildman–Crippen LogP) is 4.09. The molecule has 112 valence electrons. The lowest BCUT2D eigenvalue weighted by Gasteiger charge is -2.20. The first kappa shape index (κ1) is 15.7. The molecule has 2 aromatic carbocycles. The molecule has 0 aliphatic heterocycles. The maximum atomic E-state index is 6.31. The molecule has 0 radical (unpaired) electrons. The van der Waals surface area contributed by atoms with Gasteiger partial charge in [0.25, 0.3) is 0 Å². The van der Waals surface area contributed by atoms with Crippen LogP contribution < -0.4 is 5.73 Å². The molecule has 0 heterocycles. The molecular formula is C19H26N2. The summed E-state index contributed by atoms with van der Waals surface area (Å²) in [5.74, 6) is 0. The molecule has 0 aromatic heterocycles. The van der Waals surface area contributed by atoms with Crippen LogP contribution in [0.15, 0.2) is 54.6 Å². The molecule has 0 spiro atoms. The Bertz CT molecular complexity index is 515. The van der Waals surface area contributed by atoms with Gasteiger partial charge in [0.2, 0.25) is 0 Å². The fourth-order valence-electron chi connectivity index (χ4n) is 2.58. The van der Waals surface area contributed by atoms with E-state index in [-0.39, 0.29) is 6.04 Å². The van der Waals surface area contributed by atoms with E-state index in [1.807, 2.05) is 6.07 Å². The van der Waals surface area contributed by atoms with Crippen LogP contribution in [0.2, 0.25) is 0 Å². The van der Waals surface area contributed by atoms with Crippen LogP contribution in [0.3, 0.4) is 0 Å². The third-order valence-electron chi connectivity index (χ3n) is 4.10. The van der Waals surface area contributed by atoms with E-state index in [1.54, 1.807) is 0 Å². The number of hydrogen-bond acceptors (Lipinski definition) is 2. The highest BCUT2D eigenvalue weighted by Gasteiger charge is 2.08. The number of nitrogens with two attached hydrogens (primary N) is 1. The maximum Gasteiger partial charge on any atom is 0.0307 e. The number of benzene rings is 2. The molecule has 1 atom stereocenters. The summed E-state index contributed by atoms with van der Waals surface area (Å²) in [4.78, 5) is 2.41. The minimum Gasteiger partial charge on any atom is -0.324 e. The van der Waals surface area contributed by atoms with E-state index in [0.717, 1.165) is 26.1 Å². The third-order valence-corrected chi connectivity index (χ3v) is 4.10. The maximum absolute atomic E-state index is 6.31. The standard InChI is InChI=1S/C19H26N2/c1-3-21(4-2)15-14-19(20)18-12-10-17(11-13-18)16-8-6-5-7-9-16/h5-13,19H,3-4,14-15,20H2,1-2H3. The van der Waals surface area contributed by atoms with Crippen LogP contribution >= 0.6 is 0 Å². The molecule has 0 aliphatic rings. The van der Waals surface area contributed by atoms with Crippen molar-refractivity contribution >= 4 is 0 Å². The molecule has 1 unspecified atom stereocenters. The fourth-order valence-corrected chi connectivity index (χ4v) is 2.58. The predicted molar refractivity (Wildman–Crippen MR) is 91.2 cm³/mol. The average Bonchev–Trinajstić information content (AvgIpc) is 2.56. The molecule has 2 heteroatoms. The van der Waals surface area contributed by atoms with Gasteiger partial charge in [-0.1, -0.05) is 68.4 Å². The Morgan fingerprint density at radius 1 is 0.857 bits per heavy atom. The molecule has 0 amide bonds. The summed E-state index contributed by atoms with van der Waals surface area (Å²) < 4.78 is 0. The molecule has 0 saturated heterocycles. The zero-order valence-corrected chi connectivity index (χ0v) is 13.1. The van der Waals surface area contributed by atoms with E-state index in [4.69, 9.17) is 5.73 Å². The summed E-state index contributed by atoms with van der Waals surface area (Å²) in [6, 6.07) is 19.2. The van der Waals surface area contributed by atoms with Gasteiger partial charge in [0.05, 0.1) is 0 Å². The highest BCUT2D eigenvalue weighted by molar-refractivity contribution is 5.63. The summed E-state index contributed by atoms with van der Waals surface area (Å²) >= 11 is 0. The van der Waals surface area contributed by atoms with Crippen LogP contribution in [-0.4, -0.2) is 24.5 Å². The Hall–Kier alpha value is -1.64. The molecule has 21 heavy (non-hydrogen) atoms. The van der Waals surface area contributed by atoms with Gasteiger partial charge in [0.1, 0.15) is 0 Å². The molecule has 2 rings (SSSR count). The summed E-state index contributed by atoms with van der Waals surface area (Å²) in [6.45, 7) is 7.65. The fraction of sp³-hybridized carbons (Fsp3) is 0.368. The normalized spacial score (nSPS) is 12.6. The lowest BCUT2D eigenvalue weighted by molar-refractivity contribution is 0.291. The number of hydrogen-bond donors (Lipinski definition) is 1. The van der Waals surface area contributed by atoms with Crippen molar-refractivity contribution in [1.29, 1.82) is 0 Å². The minimum atomic E-state index is 0.121. The van der Waals surface area contributed by atoms with Crippen LogP contribution in [-0.2, 0) is 0 Å². The summed E-state index contributed by atoms with van der Waals surface area (Å²) in [5.41, 5.74) is 10.0. The van der Waals surface area contributed by atoms with Gasteiger partial charge < -0.3 is 10.6 Å². The third kappa shape index (κ3) is 4.42. The number of nitrogens with zero attached hydrogens (tertiary/aromatic N) is 1. The van der Waals surface area contributed by atoms with E-state index >= 15 is 0 Å². The minimum absolute atomic E-state index is 0.121. The van der Waals surface area contributed by atoms with Crippen molar-refractivity contribution in [2.45, 2.75) is 26.3 Å². The summed E-state index contributed by atoms with van der Waals surface area (Å²) in [6.07, 6.45) is 1.01. The smallest absolute Gasteiger partial charge is 0.0307 e. The second-order valence-electron chi connectivity index (χ2n) is 5.41. The molecule has 2 aromatic rings. The zero-order chi connectivity index (χ0) is 15.1. The Morgan fingerprint density at radius 3 is 2.00 bits per heavy atom. The summed E-state index contributed by atoms with van der Waals surface area (Å²) in [7, 11) is 0. The van der Waals surface area contributed by atoms with Gasteiger partial charge in [0, 0.05) is 6.04 Å². The first-order valence-corrected chi connectivity index (χ1v) is 7.88. The second kappa shape index (κ2) is 7.96. The largest absolute Gasteiger partial charge is 0.324 e. The Labute approximate surface area is 128 Å². The van der Waals surface area contributed by atoms with E-state index in [9.17, 15) is 0 Å². The van der Waals surface area contributed by atoms with Crippen LogP contribution in [0, 0.1) is 0 Å². The monoisotopic (exact) mass is 282 g/mol. The van der Waals surface area contributed by atoms with Crippen molar-refractivity contribution < 1.29 is 0 Å². The van der Waals surface area contributed by atoms with E-state index in [2.05, 4.69) is 67.3 Å². The zero-order valence-electron chi connectivity index (χ0n) is 13.1. The van der Waals surface area contributed by atoms with Crippen molar-refractivity contribution in [3.63, 3.8) is 0 Å². The van der Waals surface area contributed by atoms with Crippen LogP contribution in [0.1, 0.15) is 31.9 Å². The number of rotatable bonds is 7. The lowest BCUT2D eigenvalue weighted by atomic mass is 9.99. The van der Waals surface area contributed by atoms with Gasteiger partial charge in [-0.2, -0.15) is 0 Å². The van der Waals surface area contributed by atoms with Crippen molar-refractivity contribution in [3.05, 3.63) is 60.2 Å². The first-order valence-electron chi connectivity index (χ1n) is 7.88. The quantitative estimate of drug-likeness (QED) is 0.829. The van der Waals surface area contributed by atoms with Crippen LogP contribution in [0.25, 0.3) is 11.1 Å². The molecule has 0 fully saturated rings. The molecule has 0 saturated carbocycles. The van der Waals surface area contributed by atoms with Crippen molar-refractivity contribution in [3.8, 4) is 11.1 Å². The molecule has 2 N–H and O–H groups in total. The highest BCUT2D eigenvalue weighted by Crippen LogP contribution is 2.22. The molecule has 0 bridgehead atoms. The Kier molecular flexibility index (Phi) is 5.97. The Morgan fingerprint density at radius 2 is 1.43 bits per heavy atom.